The second-order valence-electron chi connectivity index (χ2n) is 6.52. The molecular weight excluding hydrogens is 383 g/mol. The SMILES string of the molecule is CCOc1ccccc1S(=O)(=O)N1CC(c2cc(-c3ccc(F)cc3)on2)C1. The smallest absolute Gasteiger partial charge is 0.246 e. The van der Waals surface area contributed by atoms with Gasteiger partial charge in [0.25, 0.3) is 0 Å². The molecule has 0 radical (unpaired) electrons. The van der Waals surface area contributed by atoms with Crippen molar-refractivity contribution in [2.24, 2.45) is 0 Å². The predicted molar refractivity (Wildman–Crippen MR) is 101 cm³/mol. The van der Waals surface area contributed by atoms with Crippen LogP contribution in [0.3, 0.4) is 0 Å². The van der Waals surface area contributed by atoms with E-state index >= 15 is 0 Å². The van der Waals surface area contributed by atoms with Crippen molar-refractivity contribution in [2.45, 2.75) is 17.7 Å². The van der Waals surface area contributed by atoms with Gasteiger partial charge in [-0.05, 0) is 43.3 Å². The summed E-state index contributed by atoms with van der Waals surface area (Å²) in [4.78, 5) is 0.169. The number of hydrogen-bond acceptors (Lipinski definition) is 5. The lowest BCUT2D eigenvalue weighted by atomic mass is 9.98. The van der Waals surface area contributed by atoms with Crippen molar-refractivity contribution < 1.29 is 22.1 Å². The molecule has 2 aromatic carbocycles. The molecule has 1 fully saturated rings. The van der Waals surface area contributed by atoms with Gasteiger partial charge in [0.15, 0.2) is 5.76 Å². The maximum absolute atomic E-state index is 13.1. The second-order valence-corrected chi connectivity index (χ2v) is 8.43. The second kappa shape index (κ2) is 7.37. The van der Waals surface area contributed by atoms with Crippen LogP contribution in [0.5, 0.6) is 5.75 Å². The van der Waals surface area contributed by atoms with Gasteiger partial charge in [-0.15, -0.1) is 0 Å². The Hall–Kier alpha value is -2.71. The van der Waals surface area contributed by atoms with Crippen LogP contribution >= 0.6 is 0 Å². The molecule has 146 valence electrons. The third-order valence-corrected chi connectivity index (χ3v) is 6.56. The fraction of sp³-hybridized carbons (Fsp3) is 0.250. The van der Waals surface area contributed by atoms with Crippen molar-refractivity contribution in [3.63, 3.8) is 0 Å². The highest BCUT2D eigenvalue weighted by Gasteiger charge is 2.40. The van der Waals surface area contributed by atoms with E-state index in [1.165, 1.54) is 16.4 Å². The van der Waals surface area contributed by atoms with E-state index in [9.17, 15) is 12.8 Å². The highest BCUT2D eigenvalue weighted by molar-refractivity contribution is 7.89. The molecule has 0 atom stereocenters. The largest absolute Gasteiger partial charge is 0.492 e. The molecule has 1 aromatic heterocycles. The quantitative estimate of drug-likeness (QED) is 0.629. The first kappa shape index (κ1) is 18.6. The molecule has 1 saturated heterocycles. The molecule has 8 heteroatoms. The normalized spacial score (nSPS) is 15.4. The first-order chi connectivity index (χ1) is 13.5. The zero-order chi connectivity index (χ0) is 19.7. The van der Waals surface area contributed by atoms with Crippen molar-refractivity contribution >= 4 is 10.0 Å². The van der Waals surface area contributed by atoms with Crippen molar-refractivity contribution in [3.8, 4) is 17.1 Å². The summed E-state index contributed by atoms with van der Waals surface area (Å²) >= 11 is 0. The number of rotatable bonds is 6. The van der Waals surface area contributed by atoms with E-state index < -0.39 is 10.0 Å². The Morgan fingerprint density at radius 2 is 1.89 bits per heavy atom. The summed E-state index contributed by atoms with van der Waals surface area (Å²) in [6.45, 7) is 2.84. The van der Waals surface area contributed by atoms with Gasteiger partial charge in [0.2, 0.25) is 10.0 Å². The molecule has 0 N–H and O–H groups in total. The Bertz CT molecular complexity index is 1070. The molecular formula is C20H19FN2O4S. The third-order valence-electron chi connectivity index (χ3n) is 4.69. The van der Waals surface area contributed by atoms with E-state index in [-0.39, 0.29) is 16.6 Å². The van der Waals surface area contributed by atoms with Gasteiger partial charge >= 0.3 is 0 Å². The Morgan fingerprint density at radius 1 is 1.18 bits per heavy atom. The summed E-state index contributed by atoms with van der Waals surface area (Å²) in [5.41, 5.74) is 1.40. The van der Waals surface area contributed by atoms with Crippen LogP contribution in [0.25, 0.3) is 11.3 Å². The number of nitrogens with zero attached hydrogens (tertiary/aromatic N) is 2. The lowest BCUT2D eigenvalue weighted by Crippen LogP contribution is -2.48. The summed E-state index contributed by atoms with van der Waals surface area (Å²) in [7, 11) is -3.64. The maximum atomic E-state index is 13.1. The first-order valence-electron chi connectivity index (χ1n) is 8.93. The van der Waals surface area contributed by atoms with Crippen molar-refractivity contribution in [1.29, 1.82) is 0 Å². The average molecular weight is 402 g/mol. The van der Waals surface area contributed by atoms with E-state index in [0.717, 1.165) is 5.56 Å². The molecule has 4 rings (SSSR count). The predicted octanol–water partition coefficient (Wildman–Crippen LogP) is 3.67. The van der Waals surface area contributed by atoms with Gasteiger partial charge in [-0.2, -0.15) is 4.31 Å². The summed E-state index contributed by atoms with van der Waals surface area (Å²) in [6, 6.07) is 14.3. The van der Waals surface area contributed by atoms with Crippen molar-refractivity contribution in [1.82, 2.24) is 9.46 Å². The molecule has 0 saturated carbocycles. The van der Waals surface area contributed by atoms with Gasteiger partial charge in [0, 0.05) is 30.6 Å². The molecule has 0 spiro atoms. The average Bonchev–Trinajstić information content (AvgIpc) is 3.11. The van der Waals surface area contributed by atoms with Gasteiger partial charge < -0.3 is 9.26 Å². The minimum absolute atomic E-state index is 0.0491. The highest BCUT2D eigenvalue weighted by atomic mass is 32.2. The topological polar surface area (TPSA) is 72.6 Å². The third kappa shape index (κ3) is 3.41. The number of hydrogen-bond donors (Lipinski definition) is 0. The zero-order valence-corrected chi connectivity index (χ0v) is 16.0. The van der Waals surface area contributed by atoms with Crippen LogP contribution in [0.15, 0.2) is 64.0 Å². The zero-order valence-electron chi connectivity index (χ0n) is 15.2. The van der Waals surface area contributed by atoms with E-state index in [2.05, 4.69) is 5.16 Å². The van der Waals surface area contributed by atoms with Gasteiger partial charge in [0.05, 0.1) is 12.3 Å². The number of para-hydroxylation sites is 1. The first-order valence-corrected chi connectivity index (χ1v) is 10.4. The minimum atomic E-state index is -3.64. The fourth-order valence-electron chi connectivity index (χ4n) is 3.13. The number of aromatic nitrogens is 1. The van der Waals surface area contributed by atoms with Crippen molar-refractivity contribution in [2.75, 3.05) is 19.7 Å². The number of sulfonamides is 1. The van der Waals surface area contributed by atoms with Crippen LogP contribution in [0.4, 0.5) is 4.39 Å². The lowest BCUT2D eigenvalue weighted by molar-refractivity contribution is 0.251. The van der Waals surface area contributed by atoms with Crippen LogP contribution in [0.1, 0.15) is 18.5 Å². The van der Waals surface area contributed by atoms with Crippen LogP contribution < -0.4 is 4.74 Å². The molecule has 28 heavy (non-hydrogen) atoms. The highest BCUT2D eigenvalue weighted by Crippen LogP contribution is 2.35. The molecule has 0 aliphatic carbocycles. The Kier molecular flexibility index (Phi) is 4.91. The molecule has 0 bridgehead atoms. The van der Waals surface area contributed by atoms with Crippen LogP contribution in [-0.2, 0) is 10.0 Å². The summed E-state index contributed by atoms with van der Waals surface area (Å²) in [5.74, 6) is 0.508. The molecule has 2 heterocycles. The van der Waals surface area contributed by atoms with Gasteiger partial charge in [-0.3, -0.25) is 0 Å². The molecule has 1 aliphatic heterocycles. The fourth-order valence-corrected chi connectivity index (χ4v) is 4.79. The molecule has 0 amide bonds. The van der Waals surface area contributed by atoms with Crippen LogP contribution in [-0.4, -0.2) is 37.6 Å². The molecule has 1 aliphatic rings. The summed E-state index contributed by atoms with van der Waals surface area (Å²) < 4.78 is 51.1. The standard InChI is InChI=1S/C20H19FN2O4S/c1-2-26-18-5-3-4-6-20(18)28(24,25)23-12-15(13-23)17-11-19(27-22-17)14-7-9-16(21)10-8-14/h3-11,15H,2,12-13H2,1H3. The van der Waals surface area contributed by atoms with E-state index in [4.69, 9.17) is 9.26 Å². The number of benzene rings is 2. The lowest BCUT2D eigenvalue weighted by Gasteiger charge is -2.37. The van der Waals surface area contributed by atoms with Gasteiger partial charge in [-0.1, -0.05) is 17.3 Å². The van der Waals surface area contributed by atoms with Crippen LogP contribution in [0, 0.1) is 5.82 Å². The Morgan fingerprint density at radius 3 is 2.61 bits per heavy atom. The summed E-state index contributed by atoms with van der Waals surface area (Å²) in [6.07, 6.45) is 0. The van der Waals surface area contributed by atoms with Crippen molar-refractivity contribution in [3.05, 3.63) is 66.1 Å². The Balaban J connectivity index is 1.48. The van der Waals surface area contributed by atoms with E-state index in [1.54, 1.807) is 42.5 Å². The summed E-state index contributed by atoms with van der Waals surface area (Å²) in [5, 5.41) is 4.06. The maximum Gasteiger partial charge on any atom is 0.246 e. The van der Waals surface area contributed by atoms with Gasteiger partial charge in [-0.25, -0.2) is 12.8 Å². The van der Waals surface area contributed by atoms with Crippen LogP contribution in [0.2, 0.25) is 0 Å². The minimum Gasteiger partial charge on any atom is -0.492 e. The number of halogens is 1. The number of ether oxygens (including phenoxy) is 1. The van der Waals surface area contributed by atoms with E-state index in [1.807, 2.05) is 6.92 Å². The molecule has 0 unspecified atom stereocenters. The Labute approximate surface area is 162 Å². The van der Waals surface area contributed by atoms with E-state index in [0.29, 0.717) is 36.9 Å². The van der Waals surface area contributed by atoms with Gasteiger partial charge in [0.1, 0.15) is 16.5 Å². The molecule has 6 nitrogen and oxygen atoms in total. The monoisotopic (exact) mass is 402 g/mol. The molecule has 3 aromatic rings.